The molecule has 0 radical (unpaired) electrons. The van der Waals surface area contributed by atoms with Gasteiger partial charge in [-0.3, -0.25) is 14.4 Å². The smallest absolute Gasteiger partial charge is 0.243 e. The van der Waals surface area contributed by atoms with Gasteiger partial charge in [0, 0.05) is 13.0 Å². The van der Waals surface area contributed by atoms with Gasteiger partial charge in [-0.25, -0.2) is 0 Å². The fraction of sp³-hybridized carbons (Fsp3) is 0.318. The summed E-state index contributed by atoms with van der Waals surface area (Å²) in [5.41, 5.74) is 7.12. The van der Waals surface area contributed by atoms with Gasteiger partial charge in [-0.2, -0.15) is 0 Å². The minimum atomic E-state index is -0.997. The molecule has 3 amide bonds. The van der Waals surface area contributed by atoms with E-state index in [1.807, 2.05) is 36.4 Å². The van der Waals surface area contributed by atoms with Gasteiger partial charge >= 0.3 is 0 Å². The highest BCUT2D eigenvalue weighted by atomic mass is 16.5. The second kappa shape index (κ2) is 9.78. The Balaban J connectivity index is 1.87. The van der Waals surface area contributed by atoms with E-state index in [1.165, 1.54) is 0 Å². The average molecular weight is 411 g/mol. The summed E-state index contributed by atoms with van der Waals surface area (Å²) >= 11 is 0. The number of methoxy groups -OCH3 is 1. The summed E-state index contributed by atoms with van der Waals surface area (Å²) in [6, 6.07) is 12.0. The standard InChI is InChI=1S/C22H25N3O5/c1-29-18-8-4-15-5-9-21(27)25-17(13-20(23)26)22(28)24-11-10-14-2-6-16(7-3-14)30-19(18)12-15/h2-4,6-8,12,17H,5,9-11,13H2,1H3,(H2,23,26)(H,24,28)(H,25,27)/t17-/m0/s1. The first-order chi connectivity index (χ1) is 14.4. The number of fused-ring (bicyclic) bond motifs is 10. The number of hydrogen-bond acceptors (Lipinski definition) is 5. The molecule has 2 aliphatic heterocycles. The first kappa shape index (κ1) is 21.2. The Morgan fingerprint density at radius 3 is 2.53 bits per heavy atom. The molecule has 4 bridgehead atoms. The third-order valence-electron chi connectivity index (χ3n) is 4.79. The van der Waals surface area contributed by atoms with Gasteiger partial charge in [0.25, 0.3) is 0 Å². The van der Waals surface area contributed by atoms with Crippen LogP contribution in [0, 0.1) is 0 Å². The summed E-state index contributed by atoms with van der Waals surface area (Å²) in [7, 11) is 1.57. The lowest BCUT2D eigenvalue weighted by molar-refractivity contribution is -0.131. The normalized spacial score (nSPS) is 17.3. The number of benzene rings is 2. The van der Waals surface area contributed by atoms with Crippen LogP contribution in [0.1, 0.15) is 24.0 Å². The van der Waals surface area contributed by atoms with Crippen LogP contribution < -0.4 is 25.8 Å². The molecule has 0 spiro atoms. The highest BCUT2D eigenvalue weighted by molar-refractivity contribution is 5.91. The molecule has 0 unspecified atom stereocenters. The van der Waals surface area contributed by atoms with Crippen LogP contribution in [0.4, 0.5) is 0 Å². The molecule has 0 fully saturated rings. The summed E-state index contributed by atoms with van der Waals surface area (Å²) in [6.07, 6.45) is 0.896. The van der Waals surface area contributed by atoms with Crippen LogP contribution in [-0.4, -0.2) is 37.4 Å². The van der Waals surface area contributed by atoms with Gasteiger partial charge in [0.15, 0.2) is 11.5 Å². The van der Waals surface area contributed by atoms with E-state index in [0.717, 1.165) is 11.1 Å². The van der Waals surface area contributed by atoms with Gasteiger partial charge in [-0.15, -0.1) is 0 Å². The van der Waals surface area contributed by atoms with Gasteiger partial charge < -0.3 is 25.8 Å². The van der Waals surface area contributed by atoms with Crippen molar-refractivity contribution in [3.05, 3.63) is 53.6 Å². The fourth-order valence-corrected chi connectivity index (χ4v) is 3.20. The van der Waals surface area contributed by atoms with Gasteiger partial charge in [-0.1, -0.05) is 18.2 Å². The second-order valence-corrected chi connectivity index (χ2v) is 7.06. The molecule has 2 aromatic rings. The molecule has 158 valence electrons. The lowest BCUT2D eigenvalue weighted by atomic mass is 10.1. The molecular weight excluding hydrogens is 386 g/mol. The summed E-state index contributed by atoms with van der Waals surface area (Å²) in [5.74, 6) is 0.359. The van der Waals surface area contributed by atoms with Crippen LogP contribution in [0.2, 0.25) is 0 Å². The maximum Gasteiger partial charge on any atom is 0.243 e. The van der Waals surface area contributed by atoms with Crippen molar-refractivity contribution in [3.8, 4) is 17.2 Å². The van der Waals surface area contributed by atoms with Crippen LogP contribution in [0.15, 0.2) is 42.5 Å². The highest BCUT2D eigenvalue weighted by Crippen LogP contribution is 2.33. The molecule has 30 heavy (non-hydrogen) atoms. The molecule has 1 atom stereocenters. The van der Waals surface area contributed by atoms with Gasteiger partial charge in [0.1, 0.15) is 11.8 Å². The Kier molecular flexibility index (Phi) is 6.90. The Morgan fingerprint density at radius 1 is 1.10 bits per heavy atom. The van der Waals surface area contributed by atoms with Crippen molar-refractivity contribution >= 4 is 17.7 Å². The number of carbonyl (C=O) groups is 3. The predicted octanol–water partition coefficient (Wildman–Crippen LogP) is 1.45. The Hall–Kier alpha value is -3.55. The molecule has 2 aromatic carbocycles. The molecule has 4 rings (SSSR count). The molecule has 0 aliphatic carbocycles. The van der Waals surface area contributed by atoms with Crippen LogP contribution in [0.5, 0.6) is 17.2 Å². The number of nitrogens with one attached hydrogen (secondary N) is 2. The first-order valence-electron chi connectivity index (χ1n) is 9.73. The summed E-state index contributed by atoms with van der Waals surface area (Å²) in [4.78, 5) is 36.2. The lowest BCUT2D eigenvalue weighted by Crippen LogP contribution is -2.49. The van der Waals surface area contributed by atoms with Gasteiger partial charge in [0.05, 0.1) is 13.5 Å². The average Bonchev–Trinajstić information content (AvgIpc) is 2.72. The summed E-state index contributed by atoms with van der Waals surface area (Å²) < 4.78 is 11.4. The monoisotopic (exact) mass is 411 g/mol. The molecular formula is C22H25N3O5. The predicted molar refractivity (Wildman–Crippen MR) is 110 cm³/mol. The zero-order valence-electron chi connectivity index (χ0n) is 16.8. The molecule has 2 aliphatic rings. The van der Waals surface area contributed by atoms with Crippen molar-refractivity contribution in [1.29, 1.82) is 0 Å². The third kappa shape index (κ3) is 5.73. The number of rotatable bonds is 3. The van der Waals surface area contributed by atoms with Crippen molar-refractivity contribution in [3.63, 3.8) is 0 Å². The fourth-order valence-electron chi connectivity index (χ4n) is 3.20. The van der Waals surface area contributed by atoms with Gasteiger partial charge in [-0.05, 0) is 48.2 Å². The van der Waals surface area contributed by atoms with Crippen LogP contribution >= 0.6 is 0 Å². The van der Waals surface area contributed by atoms with Crippen LogP contribution in [-0.2, 0) is 27.2 Å². The first-order valence-corrected chi connectivity index (χ1v) is 9.73. The van der Waals surface area contributed by atoms with E-state index in [9.17, 15) is 14.4 Å². The van der Waals surface area contributed by atoms with Crippen molar-refractivity contribution in [2.24, 2.45) is 5.73 Å². The zero-order chi connectivity index (χ0) is 21.5. The molecule has 8 nitrogen and oxygen atoms in total. The number of primary amides is 1. The number of nitrogens with two attached hydrogens (primary N) is 1. The van der Waals surface area contributed by atoms with E-state index in [2.05, 4.69) is 10.6 Å². The maximum atomic E-state index is 12.4. The molecule has 0 aromatic heterocycles. The molecule has 0 saturated heterocycles. The number of aryl methyl sites for hydroxylation is 1. The highest BCUT2D eigenvalue weighted by Gasteiger charge is 2.22. The van der Waals surface area contributed by atoms with Crippen LogP contribution in [0.3, 0.4) is 0 Å². The summed E-state index contributed by atoms with van der Waals surface area (Å²) in [5, 5.41) is 5.36. The minimum Gasteiger partial charge on any atom is -0.493 e. The van der Waals surface area contributed by atoms with Crippen LogP contribution in [0.25, 0.3) is 0 Å². The van der Waals surface area contributed by atoms with Crippen molar-refractivity contribution in [2.75, 3.05) is 13.7 Å². The topological polar surface area (TPSA) is 120 Å². The van der Waals surface area contributed by atoms with Gasteiger partial charge in [0.2, 0.25) is 17.7 Å². The Labute approximate surface area is 174 Å². The number of amides is 3. The lowest BCUT2D eigenvalue weighted by Gasteiger charge is -2.17. The van der Waals surface area contributed by atoms with E-state index >= 15 is 0 Å². The second-order valence-electron chi connectivity index (χ2n) is 7.06. The summed E-state index contributed by atoms with van der Waals surface area (Å²) in [6.45, 7) is 0.360. The van der Waals surface area contributed by atoms with Crippen molar-refractivity contribution in [1.82, 2.24) is 10.6 Å². The molecule has 2 heterocycles. The quantitative estimate of drug-likeness (QED) is 0.706. The number of carbonyl (C=O) groups excluding carboxylic acids is 3. The zero-order valence-corrected chi connectivity index (χ0v) is 16.8. The van der Waals surface area contributed by atoms with Crippen molar-refractivity contribution in [2.45, 2.75) is 31.7 Å². The minimum absolute atomic E-state index is 0.141. The van der Waals surface area contributed by atoms with E-state index in [4.69, 9.17) is 15.2 Å². The van der Waals surface area contributed by atoms with Crippen molar-refractivity contribution < 1.29 is 23.9 Å². The maximum absolute atomic E-state index is 12.4. The van der Waals surface area contributed by atoms with E-state index < -0.39 is 17.9 Å². The Morgan fingerprint density at radius 2 is 1.83 bits per heavy atom. The van der Waals surface area contributed by atoms with E-state index in [-0.39, 0.29) is 18.7 Å². The SMILES string of the molecule is COc1ccc2cc1Oc1ccc(cc1)CCNC(=O)[C@H](CC(N)=O)NC(=O)CC2. The van der Waals surface area contributed by atoms with E-state index in [0.29, 0.717) is 36.6 Å². The molecule has 0 saturated carbocycles. The largest absolute Gasteiger partial charge is 0.493 e. The Bertz CT molecular complexity index is 927. The molecule has 4 N–H and O–H groups in total. The number of hydrogen-bond donors (Lipinski definition) is 3. The van der Waals surface area contributed by atoms with E-state index in [1.54, 1.807) is 13.2 Å². The molecule has 8 heteroatoms. The number of ether oxygens (including phenoxy) is 2. The third-order valence-corrected chi connectivity index (χ3v) is 4.79.